The highest BCUT2D eigenvalue weighted by atomic mass is 19.4. The Morgan fingerprint density at radius 2 is 1.93 bits per heavy atom. The Balaban J connectivity index is 1.63. The third-order valence-electron chi connectivity index (χ3n) is 3.84. The van der Waals surface area contributed by atoms with E-state index >= 15 is 0 Å². The smallest absolute Gasteiger partial charge is 0.416 e. The molecule has 0 spiro atoms. The molecule has 0 saturated carbocycles. The van der Waals surface area contributed by atoms with Crippen LogP contribution in [-0.2, 0) is 11.0 Å². The number of amides is 1. The standard InChI is InChI=1S/C20H16F3NO3/c1-13-7-8-15(11-17(13)20(21,22)23)24-19(25)12-27-16-5-2-4-14(10-16)18-6-3-9-26-18/h2-11H,12H2,1H3,(H,24,25). The largest absolute Gasteiger partial charge is 0.484 e. The van der Waals surface area contributed by atoms with Crippen molar-refractivity contribution in [1.29, 1.82) is 0 Å². The number of halogens is 3. The van der Waals surface area contributed by atoms with Crippen molar-refractivity contribution < 1.29 is 27.1 Å². The Kier molecular flexibility index (Phi) is 5.21. The Morgan fingerprint density at radius 3 is 2.63 bits per heavy atom. The van der Waals surface area contributed by atoms with E-state index in [1.165, 1.54) is 19.1 Å². The normalized spacial score (nSPS) is 11.3. The van der Waals surface area contributed by atoms with Gasteiger partial charge in [0.2, 0.25) is 0 Å². The lowest BCUT2D eigenvalue weighted by Gasteiger charge is -2.13. The lowest BCUT2D eigenvalue weighted by molar-refractivity contribution is -0.138. The molecule has 0 saturated heterocycles. The van der Waals surface area contributed by atoms with Crippen LogP contribution in [0.4, 0.5) is 18.9 Å². The first-order valence-electron chi connectivity index (χ1n) is 8.07. The fraction of sp³-hybridized carbons (Fsp3) is 0.150. The maximum Gasteiger partial charge on any atom is 0.416 e. The van der Waals surface area contributed by atoms with Crippen LogP contribution in [0.15, 0.2) is 65.3 Å². The molecule has 2 aromatic carbocycles. The van der Waals surface area contributed by atoms with Gasteiger partial charge in [-0.2, -0.15) is 13.2 Å². The third-order valence-corrected chi connectivity index (χ3v) is 3.84. The molecule has 0 aliphatic heterocycles. The Morgan fingerprint density at radius 1 is 1.11 bits per heavy atom. The van der Waals surface area contributed by atoms with E-state index in [4.69, 9.17) is 9.15 Å². The van der Waals surface area contributed by atoms with Gasteiger partial charge in [0, 0.05) is 11.3 Å². The van der Waals surface area contributed by atoms with Crippen LogP contribution in [0.5, 0.6) is 5.75 Å². The van der Waals surface area contributed by atoms with Crippen LogP contribution in [-0.4, -0.2) is 12.5 Å². The summed E-state index contributed by atoms with van der Waals surface area (Å²) >= 11 is 0. The van der Waals surface area contributed by atoms with Gasteiger partial charge in [-0.15, -0.1) is 0 Å². The predicted octanol–water partition coefficient (Wildman–Crippen LogP) is 5.29. The topological polar surface area (TPSA) is 51.5 Å². The molecule has 140 valence electrons. The number of hydrogen-bond donors (Lipinski definition) is 1. The zero-order valence-electron chi connectivity index (χ0n) is 14.3. The van der Waals surface area contributed by atoms with Crippen molar-refractivity contribution in [3.05, 3.63) is 72.0 Å². The number of aryl methyl sites for hydroxylation is 1. The Labute approximate surface area is 153 Å². The number of carbonyl (C=O) groups is 1. The minimum Gasteiger partial charge on any atom is -0.484 e. The summed E-state index contributed by atoms with van der Waals surface area (Å²) in [6.45, 7) is 1.03. The lowest BCUT2D eigenvalue weighted by Crippen LogP contribution is -2.20. The van der Waals surface area contributed by atoms with Crippen molar-refractivity contribution in [2.75, 3.05) is 11.9 Å². The molecule has 3 rings (SSSR count). The molecule has 1 N–H and O–H groups in total. The highest BCUT2D eigenvalue weighted by Gasteiger charge is 2.32. The van der Waals surface area contributed by atoms with Crippen molar-refractivity contribution >= 4 is 11.6 Å². The summed E-state index contributed by atoms with van der Waals surface area (Å²) in [5, 5.41) is 2.41. The molecule has 1 amide bonds. The monoisotopic (exact) mass is 375 g/mol. The van der Waals surface area contributed by atoms with Gasteiger partial charge in [-0.05, 0) is 48.9 Å². The average molecular weight is 375 g/mol. The molecule has 4 nitrogen and oxygen atoms in total. The summed E-state index contributed by atoms with van der Waals surface area (Å²) in [4.78, 5) is 12.0. The van der Waals surface area contributed by atoms with Gasteiger partial charge in [0.25, 0.3) is 5.91 Å². The molecule has 7 heteroatoms. The molecule has 0 bridgehead atoms. The van der Waals surface area contributed by atoms with E-state index in [1.54, 1.807) is 36.6 Å². The Hall–Kier alpha value is -3.22. The molecule has 0 atom stereocenters. The zero-order valence-corrected chi connectivity index (χ0v) is 14.3. The zero-order chi connectivity index (χ0) is 19.4. The third kappa shape index (κ3) is 4.69. The quantitative estimate of drug-likeness (QED) is 0.659. The molecular weight excluding hydrogens is 359 g/mol. The molecule has 1 heterocycles. The van der Waals surface area contributed by atoms with Crippen molar-refractivity contribution in [3.8, 4) is 17.1 Å². The van der Waals surface area contributed by atoms with Crippen molar-refractivity contribution in [2.24, 2.45) is 0 Å². The van der Waals surface area contributed by atoms with E-state index in [0.29, 0.717) is 11.5 Å². The maximum atomic E-state index is 12.9. The van der Waals surface area contributed by atoms with Crippen LogP contribution >= 0.6 is 0 Å². The van der Waals surface area contributed by atoms with Gasteiger partial charge in [0.1, 0.15) is 11.5 Å². The summed E-state index contributed by atoms with van der Waals surface area (Å²) in [7, 11) is 0. The number of hydrogen-bond acceptors (Lipinski definition) is 3. The fourth-order valence-electron chi connectivity index (χ4n) is 2.53. The van der Waals surface area contributed by atoms with Crippen molar-refractivity contribution in [3.63, 3.8) is 0 Å². The number of carbonyl (C=O) groups excluding carboxylic acids is 1. The summed E-state index contributed by atoms with van der Waals surface area (Å²) in [5.74, 6) is 0.540. The van der Waals surface area contributed by atoms with Gasteiger partial charge in [0.15, 0.2) is 6.61 Å². The SMILES string of the molecule is Cc1ccc(NC(=O)COc2cccc(-c3ccco3)c2)cc1C(F)(F)F. The molecule has 0 aliphatic carbocycles. The molecular formula is C20H16F3NO3. The van der Waals surface area contributed by atoms with Crippen LogP contribution in [0.3, 0.4) is 0 Å². The minimum absolute atomic E-state index is 0.0610. The van der Waals surface area contributed by atoms with Gasteiger partial charge in [-0.25, -0.2) is 0 Å². The van der Waals surface area contributed by atoms with Gasteiger partial charge in [-0.3, -0.25) is 4.79 Å². The number of alkyl halides is 3. The van der Waals surface area contributed by atoms with E-state index in [1.807, 2.05) is 6.07 Å². The number of ether oxygens (including phenoxy) is 1. The minimum atomic E-state index is -4.48. The molecule has 0 radical (unpaired) electrons. The summed E-state index contributed by atoms with van der Waals surface area (Å²) in [6.07, 6.45) is -2.93. The van der Waals surface area contributed by atoms with Gasteiger partial charge < -0.3 is 14.5 Å². The number of furan rings is 1. The summed E-state index contributed by atoms with van der Waals surface area (Å²) in [6, 6.07) is 14.1. The molecule has 0 aliphatic rings. The van der Waals surface area contributed by atoms with E-state index in [9.17, 15) is 18.0 Å². The van der Waals surface area contributed by atoms with Gasteiger partial charge >= 0.3 is 6.18 Å². The number of benzene rings is 2. The molecule has 0 fully saturated rings. The second kappa shape index (κ2) is 7.57. The van der Waals surface area contributed by atoms with E-state index < -0.39 is 17.6 Å². The molecule has 27 heavy (non-hydrogen) atoms. The molecule has 1 aromatic heterocycles. The fourth-order valence-corrected chi connectivity index (χ4v) is 2.53. The predicted molar refractivity (Wildman–Crippen MR) is 94.4 cm³/mol. The van der Waals surface area contributed by atoms with Crippen LogP contribution in [0.1, 0.15) is 11.1 Å². The number of rotatable bonds is 5. The average Bonchev–Trinajstić information content (AvgIpc) is 3.16. The van der Waals surface area contributed by atoms with Crippen LogP contribution in [0.25, 0.3) is 11.3 Å². The van der Waals surface area contributed by atoms with Crippen LogP contribution in [0.2, 0.25) is 0 Å². The van der Waals surface area contributed by atoms with Crippen molar-refractivity contribution in [2.45, 2.75) is 13.1 Å². The number of nitrogens with one attached hydrogen (secondary N) is 1. The lowest BCUT2D eigenvalue weighted by atomic mass is 10.1. The van der Waals surface area contributed by atoms with Gasteiger partial charge in [-0.1, -0.05) is 18.2 Å². The van der Waals surface area contributed by atoms with E-state index in [0.717, 1.165) is 11.6 Å². The van der Waals surface area contributed by atoms with Gasteiger partial charge in [0.05, 0.1) is 11.8 Å². The maximum absolute atomic E-state index is 12.9. The number of anilines is 1. The first-order valence-corrected chi connectivity index (χ1v) is 8.07. The Bertz CT molecular complexity index is 934. The molecule has 3 aromatic rings. The van der Waals surface area contributed by atoms with Crippen molar-refractivity contribution in [1.82, 2.24) is 0 Å². The summed E-state index contributed by atoms with van der Waals surface area (Å²) < 4.78 is 49.6. The first kappa shape index (κ1) is 18.6. The second-order valence-corrected chi connectivity index (χ2v) is 5.87. The second-order valence-electron chi connectivity index (χ2n) is 5.87. The highest BCUT2D eigenvalue weighted by Crippen LogP contribution is 2.33. The van der Waals surface area contributed by atoms with Crippen LogP contribution < -0.4 is 10.1 Å². The van der Waals surface area contributed by atoms with E-state index in [2.05, 4.69) is 5.32 Å². The van der Waals surface area contributed by atoms with Crippen LogP contribution in [0, 0.1) is 6.92 Å². The first-order chi connectivity index (χ1) is 12.8. The molecule has 0 unspecified atom stereocenters. The summed E-state index contributed by atoms with van der Waals surface area (Å²) in [5.41, 5.74) is 0.149. The van der Waals surface area contributed by atoms with E-state index in [-0.39, 0.29) is 17.9 Å². The highest BCUT2D eigenvalue weighted by molar-refractivity contribution is 5.92.